The van der Waals surface area contributed by atoms with Crippen molar-refractivity contribution in [3.05, 3.63) is 0 Å². The van der Waals surface area contributed by atoms with E-state index in [2.05, 4.69) is 29.8 Å². The summed E-state index contributed by atoms with van der Waals surface area (Å²) in [5.74, 6) is 0.366. The SMILES string of the molecule is CCOC(=O)[C@@H](Br)CC(C)C. The summed E-state index contributed by atoms with van der Waals surface area (Å²) < 4.78 is 4.82. The van der Waals surface area contributed by atoms with Crippen molar-refractivity contribution in [2.24, 2.45) is 5.92 Å². The highest BCUT2D eigenvalue weighted by Gasteiger charge is 2.16. The zero-order valence-corrected chi connectivity index (χ0v) is 8.85. The third-order valence-electron chi connectivity index (χ3n) is 1.22. The Morgan fingerprint density at radius 1 is 1.55 bits per heavy atom. The van der Waals surface area contributed by atoms with Gasteiger partial charge in [-0.3, -0.25) is 4.79 Å². The molecule has 0 aliphatic carbocycles. The molecule has 0 radical (unpaired) electrons. The predicted molar refractivity (Wildman–Crippen MR) is 48.8 cm³/mol. The van der Waals surface area contributed by atoms with E-state index in [9.17, 15) is 4.79 Å². The van der Waals surface area contributed by atoms with Crippen LogP contribution in [0.3, 0.4) is 0 Å². The molecule has 0 N–H and O–H groups in total. The van der Waals surface area contributed by atoms with E-state index < -0.39 is 0 Å². The van der Waals surface area contributed by atoms with Gasteiger partial charge in [0.1, 0.15) is 4.83 Å². The second-order valence-corrected chi connectivity index (χ2v) is 3.95. The van der Waals surface area contributed by atoms with Gasteiger partial charge < -0.3 is 4.74 Å². The van der Waals surface area contributed by atoms with E-state index in [4.69, 9.17) is 4.74 Å². The van der Waals surface area contributed by atoms with Crippen LogP contribution in [0.2, 0.25) is 0 Å². The van der Waals surface area contributed by atoms with Gasteiger partial charge in [-0.25, -0.2) is 0 Å². The van der Waals surface area contributed by atoms with Gasteiger partial charge in [0, 0.05) is 0 Å². The molecular formula is C8H15BrO2. The molecule has 0 aliphatic heterocycles. The number of rotatable bonds is 4. The van der Waals surface area contributed by atoms with E-state index in [0.29, 0.717) is 12.5 Å². The Hall–Kier alpha value is -0.0500. The molecule has 0 bridgehead atoms. The summed E-state index contributed by atoms with van der Waals surface area (Å²) in [4.78, 5) is 10.9. The molecule has 2 nitrogen and oxygen atoms in total. The first-order chi connectivity index (χ1) is 5.07. The van der Waals surface area contributed by atoms with Crippen LogP contribution in [0.1, 0.15) is 27.2 Å². The first-order valence-electron chi connectivity index (χ1n) is 3.88. The molecule has 3 heteroatoms. The molecule has 66 valence electrons. The average Bonchev–Trinajstić information content (AvgIpc) is 1.86. The molecule has 0 aliphatic rings. The first-order valence-corrected chi connectivity index (χ1v) is 4.80. The Morgan fingerprint density at radius 3 is 2.45 bits per heavy atom. The summed E-state index contributed by atoms with van der Waals surface area (Å²) in [5, 5.41) is 0. The van der Waals surface area contributed by atoms with E-state index in [1.165, 1.54) is 0 Å². The second kappa shape index (κ2) is 5.58. The number of halogens is 1. The zero-order chi connectivity index (χ0) is 8.85. The Morgan fingerprint density at radius 2 is 2.09 bits per heavy atom. The summed E-state index contributed by atoms with van der Waals surface area (Å²) in [6, 6.07) is 0. The molecule has 0 rings (SSSR count). The van der Waals surface area contributed by atoms with Crippen LogP contribution in [0.4, 0.5) is 0 Å². The van der Waals surface area contributed by atoms with Gasteiger partial charge in [0.25, 0.3) is 0 Å². The molecule has 11 heavy (non-hydrogen) atoms. The summed E-state index contributed by atoms with van der Waals surface area (Å²) in [6.07, 6.45) is 0.832. The Bertz CT molecular complexity index is 123. The molecular weight excluding hydrogens is 208 g/mol. The smallest absolute Gasteiger partial charge is 0.319 e. The van der Waals surface area contributed by atoms with Gasteiger partial charge in [0.2, 0.25) is 0 Å². The van der Waals surface area contributed by atoms with Crippen molar-refractivity contribution in [1.29, 1.82) is 0 Å². The minimum atomic E-state index is -0.152. The molecule has 0 spiro atoms. The van der Waals surface area contributed by atoms with Gasteiger partial charge in [-0.15, -0.1) is 0 Å². The molecule has 0 aromatic carbocycles. The van der Waals surface area contributed by atoms with Crippen LogP contribution >= 0.6 is 15.9 Å². The fourth-order valence-corrected chi connectivity index (χ4v) is 1.62. The largest absolute Gasteiger partial charge is 0.465 e. The van der Waals surface area contributed by atoms with Crippen molar-refractivity contribution in [3.63, 3.8) is 0 Å². The highest BCUT2D eigenvalue weighted by Crippen LogP contribution is 2.13. The maximum atomic E-state index is 11.0. The topological polar surface area (TPSA) is 26.3 Å². The molecule has 0 saturated heterocycles. The Balaban J connectivity index is 3.64. The van der Waals surface area contributed by atoms with Crippen LogP contribution in [0.5, 0.6) is 0 Å². The lowest BCUT2D eigenvalue weighted by molar-refractivity contribution is -0.142. The maximum Gasteiger partial charge on any atom is 0.319 e. The molecule has 0 unspecified atom stereocenters. The monoisotopic (exact) mass is 222 g/mol. The van der Waals surface area contributed by atoms with Crippen LogP contribution in [-0.4, -0.2) is 17.4 Å². The number of alkyl halides is 1. The number of carbonyl (C=O) groups is 1. The first kappa shape index (κ1) is 11.0. The van der Waals surface area contributed by atoms with Gasteiger partial charge in [-0.05, 0) is 19.3 Å². The Labute approximate surface area is 76.4 Å². The van der Waals surface area contributed by atoms with E-state index in [-0.39, 0.29) is 10.8 Å². The van der Waals surface area contributed by atoms with Crippen LogP contribution in [0.15, 0.2) is 0 Å². The highest BCUT2D eigenvalue weighted by atomic mass is 79.9. The third kappa shape index (κ3) is 5.24. The summed E-state index contributed by atoms with van der Waals surface area (Å²) >= 11 is 3.27. The number of carbonyl (C=O) groups excluding carboxylic acids is 1. The number of esters is 1. The highest BCUT2D eigenvalue weighted by molar-refractivity contribution is 9.10. The van der Waals surface area contributed by atoms with E-state index in [1.807, 2.05) is 6.92 Å². The van der Waals surface area contributed by atoms with Gasteiger partial charge in [0.15, 0.2) is 0 Å². The number of hydrogen-bond acceptors (Lipinski definition) is 2. The third-order valence-corrected chi connectivity index (χ3v) is 1.97. The molecule has 0 heterocycles. The van der Waals surface area contributed by atoms with Gasteiger partial charge in [0.05, 0.1) is 6.61 Å². The van der Waals surface area contributed by atoms with Crippen LogP contribution in [-0.2, 0) is 9.53 Å². The summed E-state index contributed by atoms with van der Waals surface area (Å²) in [5.41, 5.74) is 0. The standard InChI is InChI=1S/C8H15BrO2/c1-4-11-8(10)7(9)5-6(2)3/h6-7H,4-5H2,1-3H3/t7-/m0/s1. The number of hydrogen-bond donors (Lipinski definition) is 0. The fraction of sp³-hybridized carbons (Fsp3) is 0.875. The lowest BCUT2D eigenvalue weighted by atomic mass is 10.1. The Kier molecular flexibility index (Phi) is 5.56. The normalized spacial score (nSPS) is 13.2. The predicted octanol–water partition coefficient (Wildman–Crippen LogP) is 2.36. The van der Waals surface area contributed by atoms with Crippen molar-refractivity contribution in [3.8, 4) is 0 Å². The fourth-order valence-electron chi connectivity index (χ4n) is 0.743. The molecule has 0 aromatic rings. The van der Waals surface area contributed by atoms with Crippen LogP contribution in [0.25, 0.3) is 0 Å². The second-order valence-electron chi connectivity index (χ2n) is 2.85. The van der Waals surface area contributed by atoms with Crippen LogP contribution in [0, 0.1) is 5.92 Å². The van der Waals surface area contributed by atoms with Crippen molar-refractivity contribution in [2.75, 3.05) is 6.61 Å². The summed E-state index contributed by atoms with van der Waals surface area (Å²) in [6.45, 7) is 6.42. The van der Waals surface area contributed by atoms with Gasteiger partial charge in [-0.2, -0.15) is 0 Å². The molecule has 0 fully saturated rings. The molecule has 0 amide bonds. The van der Waals surface area contributed by atoms with Crippen molar-refractivity contribution in [2.45, 2.75) is 32.0 Å². The zero-order valence-electron chi connectivity index (χ0n) is 7.26. The van der Waals surface area contributed by atoms with Gasteiger partial charge in [-0.1, -0.05) is 29.8 Å². The average molecular weight is 223 g/mol. The van der Waals surface area contributed by atoms with Crippen LogP contribution < -0.4 is 0 Å². The van der Waals surface area contributed by atoms with E-state index >= 15 is 0 Å². The maximum absolute atomic E-state index is 11.0. The van der Waals surface area contributed by atoms with Crippen molar-refractivity contribution >= 4 is 21.9 Å². The minimum Gasteiger partial charge on any atom is -0.465 e. The van der Waals surface area contributed by atoms with E-state index in [1.54, 1.807) is 0 Å². The number of ether oxygens (including phenoxy) is 1. The lowest BCUT2D eigenvalue weighted by Crippen LogP contribution is -2.18. The summed E-state index contributed by atoms with van der Waals surface area (Å²) in [7, 11) is 0. The van der Waals surface area contributed by atoms with Gasteiger partial charge >= 0.3 is 5.97 Å². The van der Waals surface area contributed by atoms with E-state index in [0.717, 1.165) is 6.42 Å². The molecule has 1 atom stereocenters. The lowest BCUT2D eigenvalue weighted by Gasteiger charge is -2.10. The minimum absolute atomic E-state index is 0.137. The molecule has 0 aromatic heterocycles. The van der Waals surface area contributed by atoms with Crippen molar-refractivity contribution in [1.82, 2.24) is 0 Å². The molecule has 0 saturated carbocycles. The quantitative estimate of drug-likeness (QED) is 0.540. The van der Waals surface area contributed by atoms with Crippen molar-refractivity contribution < 1.29 is 9.53 Å².